The van der Waals surface area contributed by atoms with E-state index in [1.165, 1.54) is 0 Å². The van der Waals surface area contributed by atoms with Crippen LogP contribution in [0.2, 0.25) is 0 Å². The highest BCUT2D eigenvalue weighted by Gasteiger charge is 2.29. The molecule has 1 N–H and O–H groups in total. The molecule has 2 aromatic rings. The SMILES string of the molecule is CC1CCCN(Cc2nc(-c3ccoc3)no2)C1CO. The van der Waals surface area contributed by atoms with Gasteiger partial charge in [0.2, 0.25) is 11.7 Å². The van der Waals surface area contributed by atoms with Gasteiger partial charge in [0.25, 0.3) is 0 Å². The predicted octanol–water partition coefficient (Wildman–Crippen LogP) is 1.92. The van der Waals surface area contributed by atoms with Gasteiger partial charge in [-0.25, -0.2) is 0 Å². The second-order valence-corrected chi connectivity index (χ2v) is 5.36. The summed E-state index contributed by atoms with van der Waals surface area (Å²) in [6.07, 6.45) is 5.47. The number of aliphatic hydroxyl groups excluding tert-OH is 1. The van der Waals surface area contributed by atoms with Crippen LogP contribution >= 0.6 is 0 Å². The molecule has 3 heterocycles. The molecular weight excluding hydrogens is 258 g/mol. The number of aromatic nitrogens is 2. The molecule has 0 aromatic carbocycles. The van der Waals surface area contributed by atoms with Gasteiger partial charge in [-0.15, -0.1) is 0 Å². The Balaban J connectivity index is 1.71. The molecule has 1 fully saturated rings. The van der Waals surface area contributed by atoms with Gasteiger partial charge in [0, 0.05) is 6.04 Å². The summed E-state index contributed by atoms with van der Waals surface area (Å²) in [4.78, 5) is 6.60. The lowest BCUT2D eigenvalue weighted by Gasteiger charge is -2.38. The average Bonchev–Trinajstić information content (AvgIpc) is 3.09. The standard InChI is InChI=1S/C14H19N3O3/c1-10-3-2-5-17(12(10)8-18)7-13-15-14(16-20-13)11-4-6-19-9-11/h4,6,9-10,12,18H,2-3,5,7-8H2,1H3. The van der Waals surface area contributed by atoms with Crippen molar-refractivity contribution in [3.8, 4) is 11.4 Å². The highest BCUT2D eigenvalue weighted by atomic mass is 16.5. The van der Waals surface area contributed by atoms with E-state index in [2.05, 4.69) is 22.0 Å². The van der Waals surface area contributed by atoms with Gasteiger partial charge in [0.1, 0.15) is 6.26 Å². The van der Waals surface area contributed by atoms with Gasteiger partial charge in [-0.1, -0.05) is 12.1 Å². The van der Waals surface area contributed by atoms with Crippen LogP contribution in [0.3, 0.4) is 0 Å². The zero-order chi connectivity index (χ0) is 13.9. The van der Waals surface area contributed by atoms with E-state index in [0.717, 1.165) is 24.9 Å². The minimum Gasteiger partial charge on any atom is -0.472 e. The molecule has 1 aliphatic heterocycles. The third-order valence-electron chi connectivity index (χ3n) is 4.00. The van der Waals surface area contributed by atoms with E-state index >= 15 is 0 Å². The Morgan fingerprint density at radius 2 is 2.40 bits per heavy atom. The molecule has 108 valence electrons. The van der Waals surface area contributed by atoms with Crippen LogP contribution in [-0.4, -0.2) is 39.3 Å². The van der Waals surface area contributed by atoms with Crippen LogP contribution < -0.4 is 0 Å². The Labute approximate surface area is 117 Å². The summed E-state index contributed by atoms with van der Waals surface area (Å²) in [5.74, 6) is 1.61. The Kier molecular flexibility index (Phi) is 3.84. The van der Waals surface area contributed by atoms with Crippen LogP contribution in [-0.2, 0) is 6.54 Å². The second kappa shape index (κ2) is 5.76. The summed E-state index contributed by atoms with van der Waals surface area (Å²) >= 11 is 0. The average molecular weight is 277 g/mol. The van der Waals surface area contributed by atoms with Crippen molar-refractivity contribution in [2.75, 3.05) is 13.2 Å². The van der Waals surface area contributed by atoms with Gasteiger partial charge < -0.3 is 14.0 Å². The van der Waals surface area contributed by atoms with Crippen molar-refractivity contribution < 1.29 is 14.0 Å². The summed E-state index contributed by atoms with van der Waals surface area (Å²) in [7, 11) is 0. The maximum atomic E-state index is 9.54. The van der Waals surface area contributed by atoms with Gasteiger partial charge in [-0.2, -0.15) is 4.98 Å². The van der Waals surface area contributed by atoms with Crippen LogP contribution in [0.15, 0.2) is 27.5 Å². The van der Waals surface area contributed by atoms with E-state index in [9.17, 15) is 5.11 Å². The molecule has 1 saturated heterocycles. The van der Waals surface area contributed by atoms with Crippen LogP contribution in [0.1, 0.15) is 25.7 Å². The molecule has 0 bridgehead atoms. The number of hydrogen-bond acceptors (Lipinski definition) is 6. The molecular formula is C14H19N3O3. The number of aliphatic hydroxyl groups is 1. The molecule has 3 rings (SSSR count). The van der Waals surface area contributed by atoms with Crippen molar-refractivity contribution >= 4 is 0 Å². The molecule has 6 heteroatoms. The Morgan fingerprint density at radius 1 is 1.50 bits per heavy atom. The monoisotopic (exact) mass is 277 g/mol. The summed E-state index contributed by atoms with van der Waals surface area (Å²) in [5.41, 5.74) is 0.811. The maximum absolute atomic E-state index is 9.54. The van der Waals surface area contributed by atoms with Crippen molar-refractivity contribution in [1.82, 2.24) is 15.0 Å². The Morgan fingerprint density at radius 3 is 3.15 bits per heavy atom. The molecule has 2 aromatic heterocycles. The summed E-state index contributed by atoms with van der Waals surface area (Å²) < 4.78 is 10.3. The first kappa shape index (κ1) is 13.3. The van der Waals surface area contributed by atoms with E-state index in [1.54, 1.807) is 18.6 Å². The first-order chi connectivity index (χ1) is 9.78. The smallest absolute Gasteiger partial charge is 0.241 e. The van der Waals surface area contributed by atoms with E-state index in [0.29, 0.717) is 24.2 Å². The van der Waals surface area contributed by atoms with E-state index in [4.69, 9.17) is 8.94 Å². The Hall–Kier alpha value is -1.66. The summed E-state index contributed by atoms with van der Waals surface area (Å²) in [6, 6.07) is 1.97. The molecule has 2 unspecified atom stereocenters. The fraction of sp³-hybridized carbons (Fsp3) is 0.571. The lowest BCUT2D eigenvalue weighted by atomic mass is 9.91. The zero-order valence-corrected chi connectivity index (χ0v) is 11.5. The molecule has 2 atom stereocenters. The number of nitrogens with zero attached hydrogens (tertiary/aromatic N) is 3. The number of likely N-dealkylation sites (tertiary alicyclic amines) is 1. The fourth-order valence-electron chi connectivity index (χ4n) is 2.83. The molecule has 0 spiro atoms. The Bertz CT molecular complexity index is 538. The zero-order valence-electron chi connectivity index (χ0n) is 11.5. The van der Waals surface area contributed by atoms with Gasteiger partial charge >= 0.3 is 0 Å². The number of piperidine rings is 1. The molecule has 0 aliphatic carbocycles. The van der Waals surface area contributed by atoms with Crippen LogP contribution in [0.5, 0.6) is 0 Å². The van der Waals surface area contributed by atoms with Gasteiger partial charge in [-0.3, -0.25) is 4.90 Å². The highest BCUT2D eigenvalue weighted by Crippen LogP contribution is 2.25. The number of furan rings is 1. The lowest BCUT2D eigenvalue weighted by molar-refractivity contribution is 0.0400. The van der Waals surface area contributed by atoms with E-state index < -0.39 is 0 Å². The second-order valence-electron chi connectivity index (χ2n) is 5.36. The molecule has 6 nitrogen and oxygen atoms in total. The number of rotatable bonds is 4. The van der Waals surface area contributed by atoms with Crippen molar-refractivity contribution in [3.63, 3.8) is 0 Å². The van der Waals surface area contributed by atoms with Crippen molar-refractivity contribution in [1.29, 1.82) is 0 Å². The van der Waals surface area contributed by atoms with Gasteiger partial charge in [0.15, 0.2) is 0 Å². The van der Waals surface area contributed by atoms with Crippen LogP contribution in [0.4, 0.5) is 0 Å². The first-order valence-corrected chi connectivity index (χ1v) is 6.98. The van der Waals surface area contributed by atoms with Gasteiger partial charge in [0.05, 0.1) is 25.0 Å². The van der Waals surface area contributed by atoms with Crippen molar-refractivity contribution in [2.24, 2.45) is 5.92 Å². The highest BCUT2D eigenvalue weighted by molar-refractivity contribution is 5.51. The third-order valence-corrected chi connectivity index (χ3v) is 4.00. The first-order valence-electron chi connectivity index (χ1n) is 6.98. The van der Waals surface area contributed by atoms with Crippen LogP contribution in [0, 0.1) is 5.92 Å². The maximum Gasteiger partial charge on any atom is 0.241 e. The summed E-state index contributed by atoms with van der Waals surface area (Å²) in [5, 5.41) is 13.5. The lowest BCUT2D eigenvalue weighted by Crippen LogP contribution is -2.46. The summed E-state index contributed by atoms with van der Waals surface area (Å²) in [6.45, 7) is 3.89. The predicted molar refractivity (Wildman–Crippen MR) is 71.7 cm³/mol. The van der Waals surface area contributed by atoms with Crippen molar-refractivity contribution in [3.05, 3.63) is 24.5 Å². The quantitative estimate of drug-likeness (QED) is 0.920. The third kappa shape index (κ3) is 2.62. The number of hydrogen-bond donors (Lipinski definition) is 1. The largest absolute Gasteiger partial charge is 0.472 e. The topological polar surface area (TPSA) is 75.5 Å². The van der Waals surface area contributed by atoms with Crippen molar-refractivity contribution in [2.45, 2.75) is 32.4 Å². The molecule has 0 radical (unpaired) electrons. The normalized spacial score (nSPS) is 24.1. The van der Waals surface area contributed by atoms with E-state index in [1.807, 2.05) is 0 Å². The fourth-order valence-corrected chi connectivity index (χ4v) is 2.83. The molecule has 1 aliphatic rings. The minimum absolute atomic E-state index is 0.171. The minimum atomic E-state index is 0.171. The van der Waals surface area contributed by atoms with Crippen LogP contribution in [0.25, 0.3) is 11.4 Å². The van der Waals surface area contributed by atoms with Gasteiger partial charge in [-0.05, 0) is 31.4 Å². The molecule has 20 heavy (non-hydrogen) atoms. The van der Waals surface area contributed by atoms with E-state index in [-0.39, 0.29) is 12.6 Å². The molecule has 0 amide bonds. The molecule has 0 saturated carbocycles.